The molecule has 74 heavy (non-hydrogen) atoms. The summed E-state index contributed by atoms with van der Waals surface area (Å²) >= 11 is 0. The molecule has 0 spiro atoms. The zero-order chi connectivity index (χ0) is 52.9. The molecule has 22 heteroatoms. The van der Waals surface area contributed by atoms with Crippen molar-refractivity contribution >= 4 is 5.97 Å². The van der Waals surface area contributed by atoms with Gasteiger partial charge in [0, 0.05) is 64.1 Å². The predicted molar refractivity (Wildman–Crippen MR) is 249 cm³/mol. The quantitative estimate of drug-likeness (QED) is 0.0699. The van der Waals surface area contributed by atoms with Crippen LogP contribution in [0.4, 0.5) is 0 Å². The molecule has 0 aromatic heterocycles. The Bertz CT molecular complexity index is 3440. The van der Waals surface area contributed by atoms with Crippen molar-refractivity contribution in [2.75, 3.05) is 0 Å². The van der Waals surface area contributed by atoms with E-state index >= 15 is 0 Å². The number of carbonyl (C=O) groups is 1. The van der Waals surface area contributed by atoms with E-state index in [1.54, 1.807) is 0 Å². The number of rotatable bonds is 7. The van der Waals surface area contributed by atoms with Crippen molar-refractivity contribution in [2.24, 2.45) is 0 Å². The summed E-state index contributed by atoms with van der Waals surface area (Å²) in [6, 6.07) is 15.0. The Morgan fingerprint density at radius 1 is 0.432 bits per heavy atom. The predicted octanol–water partition coefficient (Wildman–Crippen LogP) is 5.43. The molecule has 7 aromatic rings. The third-order valence-electron chi connectivity index (χ3n) is 13.4. The van der Waals surface area contributed by atoms with Crippen molar-refractivity contribution in [1.82, 2.24) is 0 Å². The lowest BCUT2D eigenvalue weighted by Gasteiger charge is -2.44. The number of fused-ring (bicyclic) bond motifs is 3. The largest absolute Gasteiger partial charge is 0.508 e. The number of esters is 1. The second kappa shape index (κ2) is 17.6. The third kappa shape index (κ3) is 7.80. The standard InChI is InChI=1S/C52H42O22/c53-21-12-30(61)38-37(13-21)71-47(18-2-5-24(55)28(59)8-18)45(69)42(38)39-32(63)16-33(64)41-43(40-31(62)15-26(57)22-14-36(67)46(72-49(22)40)17-1-4-23(54)27(58)7-17)51(74-52(70)20-10-34(65)44(68)35(66)11-20)48(73-50(39)41)19-3-6-25(56)29(60)9-19/h1-13,15-16,36,42-43,45-48,51,53-69H,14H2/t36-,42+,43+,45+,46-,47+,48+,51+/m0/s1. The molecule has 0 bridgehead atoms. The molecule has 0 aliphatic carbocycles. The molecule has 382 valence electrons. The number of ether oxygens (including phenoxy) is 4. The maximum atomic E-state index is 14.5. The summed E-state index contributed by atoms with van der Waals surface area (Å²) < 4.78 is 25.5. The lowest BCUT2D eigenvalue weighted by Crippen LogP contribution is -2.41. The van der Waals surface area contributed by atoms with Crippen LogP contribution in [0.15, 0.2) is 91.0 Å². The van der Waals surface area contributed by atoms with Crippen LogP contribution in [0, 0.1) is 0 Å². The first-order valence-corrected chi connectivity index (χ1v) is 22.2. The van der Waals surface area contributed by atoms with Crippen LogP contribution in [-0.2, 0) is 11.2 Å². The van der Waals surface area contributed by atoms with Gasteiger partial charge in [0.15, 0.2) is 70.1 Å². The minimum atomic E-state index is -2.03. The zero-order valence-electron chi connectivity index (χ0n) is 37.6. The van der Waals surface area contributed by atoms with E-state index < -0.39 is 181 Å². The van der Waals surface area contributed by atoms with Gasteiger partial charge in [-0.1, -0.05) is 18.2 Å². The molecule has 3 heterocycles. The van der Waals surface area contributed by atoms with Crippen molar-refractivity contribution in [3.05, 3.63) is 141 Å². The molecular formula is C52H42O22. The minimum absolute atomic E-state index is 0.00409. The van der Waals surface area contributed by atoms with Crippen molar-refractivity contribution in [1.29, 1.82) is 0 Å². The Hall–Kier alpha value is -9.67. The summed E-state index contributed by atoms with van der Waals surface area (Å²) in [5, 5.41) is 188. The highest BCUT2D eigenvalue weighted by Crippen LogP contribution is 2.63. The number of benzene rings is 7. The Balaban J connectivity index is 1.28. The molecule has 7 aromatic carbocycles. The highest BCUT2D eigenvalue weighted by molar-refractivity contribution is 5.91. The highest BCUT2D eigenvalue weighted by Gasteiger charge is 2.52. The summed E-state index contributed by atoms with van der Waals surface area (Å²) in [5.41, 5.74) is -2.68. The topological polar surface area (TPSA) is 398 Å². The van der Waals surface area contributed by atoms with Crippen LogP contribution in [0.25, 0.3) is 0 Å². The average Bonchev–Trinajstić information content (AvgIpc) is 3.34. The third-order valence-corrected chi connectivity index (χ3v) is 13.4. The normalized spacial score (nSPS) is 21.7. The first-order valence-electron chi connectivity index (χ1n) is 22.2. The van der Waals surface area contributed by atoms with Gasteiger partial charge < -0.3 is 106 Å². The van der Waals surface area contributed by atoms with Crippen molar-refractivity contribution in [3.8, 4) is 103 Å². The van der Waals surface area contributed by atoms with Gasteiger partial charge in [0.2, 0.25) is 0 Å². The summed E-state index contributed by atoms with van der Waals surface area (Å²) in [5.74, 6) is -17.8. The van der Waals surface area contributed by atoms with Crippen molar-refractivity contribution in [2.45, 2.75) is 54.9 Å². The summed E-state index contributed by atoms with van der Waals surface area (Å²) in [6.45, 7) is 0. The Labute approximate surface area is 415 Å². The first kappa shape index (κ1) is 48.0. The van der Waals surface area contributed by atoms with E-state index in [-0.39, 0.29) is 33.6 Å². The smallest absolute Gasteiger partial charge is 0.338 e. The van der Waals surface area contributed by atoms with Crippen LogP contribution in [-0.4, -0.2) is 111 Å². The van der Waals surface area contributed by atoms with Crippen LogP contribution in [0.5, 0.6) is 103 Å². The van der Waals surface area contributed by atoms with E-state index in [0.29, 0.717) is 0 Å². The van der Waals surface area contributed by atoms with Gasteiger partial charge in [-0.05, 0) is 59.7 Å². The number of hydrogen-bond donors (Lipinski definition) is 17. The number of aliphatic hydroxyl groups excluding tert-OH is 2. The molecule has 0 amide bonds. The second-order valence-electron chi connectivity index (χ2n) is 17.9. The summed E-state index contributed by atoms with van der Waals surface area (Å²) in [7, 11) is 0. The maximum absolute atomic E-state index is 14.5. The fraction of sp³-hybridized carbons (Fsp3) is 0.173. The second-order valence-corrected chi connectivity index (χ2v) is 17.9. The summed E-state index contributed by atoms with van der Waals surface area (Å²) in [6.07, 6.45) is -10.9. The van der Waals surface area contributed by atoms with Crippen molar-refractivity contribution in [3.63, 3.8) is 0 Å². The van der Waals surface area contributed by atoms with Crippen LogP contribution < -0.4 is 14.2 Å². The molecule has 17 N–H and O–H groups in total. The molecule has 0 unspecified atom stereocenters. The number of aromatic hydroxyl groups is 15. The van der Waals surface area contributed by atoms with Gasteiger partial charge >= 0.3 is 5.97 Å². The van der Waals surface area contributed by atoms with Gasteiger partial charge in [-0.2, -0.15) is 0 Å². The van der Waals surface area contributed by atoms with Crippen LogP contribution in [0.3, 0.4) is 0 Å². The van der Waals surface area contributed by atoms with Gasteiger partial charge in [0.1, 0.15) is 64.0 Å². The van der Waals surface area contributed by atoms with Crippen LogP contribution in [0.1, 0.15) is 85.0 Å². The SMILES string of the molecule is O=C(O[C@@H]1[C@H](c2c(O)cc(O)c3c2O[C@@H](c2ccc(O)c(O)c2)[C@@H](O)C3)c2c(O)cc(O)c([C@H]3c4c(O)cc(O)cc4O[C@H](c4ccc(O)c(O)c4)[C@@H]3O)c2O[C@@H]1c1ccc(O)c(O)c1)c1cc(O)c(O)c(O)c1. The maximum Gasteiger partial charge on any atom is 0.338 e. The van der Waals surface area contributed by atoms with E-state index in [9.17, 15) is 91.6 Å². The van der Waals surface area contributed by atoms with Crippen LogP contribution in [0.2, 0.25) is 0 Å². The Kier molecular flexibility index (Phi) is 11.4. The van der Waals surface area contributed by atoms with E-state index in [4.69, 9.17) is 18.9 Å². The number of carbonyl (C=O) groups excluding carboxylic acids is 1. The highest BCUT2D eigenvalue weighted by atomic mass is 16.6. The molecule has 10 rings (SSSR count). The number of hydrogen-bond acceptors (Lipinski definition) is 22. The fourth-order valence-corrected chi connectivity index (χ4v) is 9.96. The lowest BCUT2D eigenvalue weighted by atomic mass is 9.73. The monoisotopic (exact) mass is 1020 g/mol. The zero-order valence-corrected chi connectivity index (χ0v) is 37.6. The van der Waals surface area contributed by atoms with Gasteiger partial charge in [0.05, 0.1) is 23.5 Å². The Morgan fingerprint density at radius 3 is 1.46 bits per heavy atom. The van der Waals surface area contributed by atoms with Gasteiger partial charge in [-0.15, -0.1) is 0 Å². The Morgan fingerprint density at radius 2 is 0.905 bits per heavy atom. The van der Waals surface area contributed by atoms with Gasteiger partial charge in [-0.3, -0.25) is 0 Å². The molecule has 0 fully saturated rings. The fourth-order valence-electron chi connectivity index (χ4n) is 9.96. The van der Waals surface area contributed by atoms with Gasteiger partial charge in [0.25, 0.3) is 0 Å². The number of phenols is 15. The molecule has 3 aliphatic rings. The molecule has 0 radical (unpaired) electrons. The summed E-state index contributed by atoms with van der Waals surface area (Å²) in [4.78, 5) is 14.5. The minimum Gasteiger partial charge on any atom is -0.508 e. The molecule has 22 nitrogen and oxygen atoms in total. The molecule has 0 saturated heterocycles. The number of aliphatic hydroxyl groups is 2. The molecule has 8 atom stereocenters. The van der Waals surface area contributed by atoms with Crippen LogP contribution >= 0.6 is 0 Å². The lowest BCUT2D eigenvalue weighted by molar-refractivity contribution is -0.0302. The van der Waals surface area contributed by atoms with Gasteiger partial charge in [-0.25, -0.2) is 4.79 Å². The molecular weight excluding hydrogens is 977 g/mol. The van der Waals surface area contributed by atoms with E-state index in [0.717, 1.165) is 72.8 Å². The van der Waals surface area contributed by atoms with E-state index in [1.165, 1.54) is 18.2 Å². The van der Waals surface area contributed by atoms with E-state index in [2.05, 4.69) is 0 Å². The van der Waals surface area contributed by atoms with E-state index in [1.807, 2.05) is 0 Å². The number of phenolic OH excluding ortho intramolecular Hbond substituents is 15. The van der Waals surface area contributed by atoms with Crippen molar-refractivity contribution < 1.29 is 111 Å². The first-order chi connectivity index (χ1) is 35.1. The average molecular weight is 1020 g/mol. The molecule has 3 aliphatic heterocycles. The molecule has 0 saturated carbocycles.